The van der Waals surface area contributed by atoms with Crippen LogP contribution in [0.15, 0.2) is 34.9 Å². The number of H-pyrrole nitrogens is 1. The van der Waals surface area contributed by atoms with E-state index in [1.165, 1.54) is 60.0 Å². The highest BCUT2D eigenvalue weighted by Gasteiger charge is 2.28. The minimum Gasteiger partial charge on any atom is -0.361 e. The van der Waals surface area contributed by atoms with Crippen molar-refractivity contribution < 1.29 is 4.52 Å². The van der Waals surface area contributed by atoms with Crippen molar-refractivity contribution in [2.75, 3.05) is 6.54 Å². The number of likely N-dealkylation sites (tertiary alicyclic amines) is 1. The van der Waals surface area contributed by atoms with Gasteiger partial charge in [-0.15, -0.1) is 0 Å². The molecule has 0 spiro atoms. The van der Waals surface area contributed by atoms with Crippen LogP contribution in [0.1, 0.15) is 60.9 Å². The Morgan fingerprint density at radius 2 is 2.04 bits per heavy atom. The van der Waals surface area contributed by atoms with Gasteiger partial charge in [0.2, 0.25) is 0 Å². The van der Waals surface area contributed by atoms with Gasteiger partial charge in [0, 0.05) is 29.7 Å². The highest BCUT2D eigenvalue weighted by Crippen LogP contribution is 2.34. The molecule has 130 valence electrons. The molecule has 0 bridgehead atoms. The molecule has 4 heteroatoms. The largest absolute Gasteiger partial charge is 0.361 e. The van der Waals surface area contributed by atoms with Crippen molar-refractivity contribution in [3.8, 4) is 0 Å². The Kier molecular flexibility index (Phi) is 3.86. The second-order valence-electron chi connectivity index (χ2n) is 7.53. The Morgan fingerprint density at radius 3 is 3.00 bits per heavy atom. The zero-order valence-corrected chi connectivity index (χ0v) is 14.6. The van der Waals surface area contributed by atoms with E-state index in [1.54, 1.807) is 0 Å². The van der Waals surface area contributed by atoms with Gasteiger partial charge >= 0.3 is 0 Å². The predicted molar refractivity (Wildman–Crippen MR) is 98.4 cm³/mol. The summed E-state index contributed by atoms with van der Waals surface area (Å²) in [4.78, 5) is 6.25. The SMILES string of the molecule is c1ccc2[nH]c(C3CCCCN3Cc3noc4c3CCCC4)cc2c1. The number of para-hydroxylation sites is 1. The Balaban J connectivity index is 1.43. The third kappa shape index (κ3) is 2.78. The van der Waals surface area contributed by atoms with Crippen molar-refractivity contribution in [2.24, 2.45) is 0 Å². The molecule has 1 aliphatic carbocycles. The molecule has 1 aliphatic heterocycles. The normalized spacial score (nSPS) is 21.5. The molecule has 3 aromatic rings. The lowest BCUT2D eigenvalue weighted by Crippen LogP contribution is -2.33. The Hall–Kier alpha value is -2.07. The zero-order valence-electron chi connectivity index (χ0n) is 14.6. The van der Waals surface area contributed by atoms with Crippen molar-refractivity contribution >= 4 is 10.9 Å². The predicted octanol–water partition coefficient (Wildman–Crippen LogP) is 4.76. The van der Waals surface area contributed by atoms with E-state index in [1.807, 2.05) is 0 Å². The van der Waals surface area contributed by atoms with E-state index in [0.717, 1.165) is 31.7 Å². The number of nitrogens with one attached hydrogen (secondary N) is 1. The minimum atomic E-state index is 0.456. The standard InChI is InChI=1S/C21H25N3O/c1-3-9-17-15(7-1)13-18(22-17)20-10-5-6-12-24(20)14-19-16-8-2-4-11-21(16)25-23-19/h1,3,7,9,13,20,22H,2,4-6,8,10-12,14H2. The lowest BCUT2D eigenvalue weighted by atomic mass is 9.95. The number of hydrogen-bond acceptors (Lipinski definition) is 3. The second-order valence-corrected chi connectivity index (χ2v) is 7.53. The molecule has 4 nitrogen and oxygen atoms in total. The third-order valence-corrected chi connectivity index (χ3v) is 5.91. The molecule has 2 aliphatic rings. The first-order valence-corrected chi connectivity index (χ1v) is 9.66. The number of aromatic nitrogens is 2. The monoisotopic (exact) mass is 335 g/mol. The van der Waals surface area contributed by atoms with Crippen molar-refractivity contribution in [1.29, 1.82) is 0 Å². The summed E-state index contributed by atoms with van der Waals surface area (Å²) in [5, 5.41) is 5.74. The molecule has 0 radical (unpaired) electrons. The lowest BCUT2D eigenvalue weighted by molar-refractivity contribution is 0.134. The number of rotatable bonds is 3. The molecule has 1 atom stereocenters. The van der Waals surface area contributed by atoms with Crippen LogP contribution in [-0.2, 0) is 19.4 Å². The maximum Gasteiger partial charge on any atom is 0.140 e. The molecule has 1 N–H and O–H groups in total. The summed E-state index contributed by atoms with van der Waals surface area (Å²) in [6.07, 6.45) is 8.50. The summed E-state index contributed by atoms with van der Waals surface area (Å²) >= 11 is 0. The maximum atomic E-state index is 5.63. The number of benzene rings is 1. The average Bonchev–Trinajstić information content (AvgIpc) is 3.27. The third-order valence-electron chi connectivity index (χ3n) is 5.91. The Morgan fingerprint density at radius 1 is 1.12 bits per heavy atom. The van der Waals surface area contributed by atoms with E-state index >= 15 is 0 Å². The first-order chi connectivity index (χ1) is 12.4. The van der Waals surface area contributed by atoms with Crippen LogP contribution in [0.25, 0.3) is 10.9 Å². The van der Waals surface area contributed by atoms with E-state index in [4.69, 9.17) is 4.52 Å². The molecule has 25 heavy (non-hydrogen) atoms. The van der Waals surface area contributed by atoms with Crippen LogP contribution in [-0.4, -0.2) is 21.6 Å². The van der Waals surface area contributed by atoms with Crippen molar-refractivity contribution in [2.45, 2.75) is 57.5 Å². The van der Waals surface area contributed by atoms with Crippen LogP contribution in [0.4, 0.5) is 0 Å². The number of piperidine rings is 1. The lowest BCUT2D eigenvalue weighted by Gasteiger charge is -2.35. The van der Waals surface area contributed by atoms with Crippen molar-refractivity contribution in [1.82, 2.24) is 15.0 Å². The van der Waals surface area contributed by atoms with Gasteiger partial charge in [0.1, 0.15) is 11.5 Å². The molecule has 1 fully saturated rings. The van der Waals surface area contributed by atoms with Crippen LogP contribution in [0.2, 0.25) is 0 Å². The summed E-state index contributed by atoms with van der Waals surface area (Å²) in [6.45, 7) is 2.06. The molecule has 1 aromatic carbocycles. The summed E-state index contributed by atoms with van der Waals surface area (Å²) in [5.41, 5.74) is 5.16. The van der Waals surface area contributed by atoms with Crippen molar-refractivity contribution in [3.05, 3.63) is 53.0 Å². The fourth-order valence-corrected chi connectivity index (χ4v) is 4.57. The molecule has 0 amide bonds. The quantitative estimate of drug-likeness (QED) is 0.750. The van der Waals surface area contributed by atoms with Gasteiger partial charge < -0.3 is 9.51 Å². The van der Waals surface area contributed by atoms with Gasteiger partial charge in [-0.25, -0.2) is 0 Å². The van der Waals surface area contributed by atoms with Crippen LogP contribution >= 0.6 is 0 Å². The number of hydrogen-bond donors (Lipinski definition) is 1. The number of nitrogens with zero attached hydrogens (tertiary/aromatic N) is 2. The maximum absolute atomic E-state index is 5.63. The van der Waals surface area contributed by atoms with Gasteiger partial charge in [0.05, 0.1) is 6.04 Å². The number of fused-ring (bicyclic) bond motifs is 2. The van der Waals surface area contributed by atoms with Crippen LogP contribution in [0.3, 0.4) is 0 Å². The summed E-state index contributed by atoms with van der Waals surface area (Å²) in [6, 6.07) is 11.4. The molecule has 1 saturated heterocycles. The molecule has 5 rings (SSSR count). The minimum absolute atomic E-state index is 0.456. The van der Waals surface area contributed by atoms with E-state index < -0.39 is 0 Å². The van der Waals surface area contributed by atoms with Crippen LogP contribution in [0, 0.1) is 0 Å². The van der Waals surface area contributed by atoms with E-state index in [-0.39, 0.29) is 0 Å². The van der Waals surface area contributed by atoms with Crippen molar-refractivity contribution in [3.63, 3.8) is 0 Å². The highest BCUT2D eigenvalue weighted by atomic mass is 16.5. The number of aromatic amines is 1. The zero-order chi connectivity index (χ0) is 16.6. The molecular weight excluding hydrogens is 310 g/mol. The molecule has 2 aromatic heterocycles. The van der Waals surface area contributed by atoms with Crippen LogP contribution in [0.5, 0.6) is 0 Å². The fraction of sp³-hybridized carbons (Fsp3) is 0.476. The van der Waals surface area contributed by atoms with Gasteiger partial charge in [-0.05, 0) is 56.2 Å². The van der Waals surface area contributed by atoms with E-state index in [0.29, 0.717) is 6.04 Å². The smallest absolute Gasteiger partial charge is 0.140 e. The second kappa shape index (κ2) is 6.34. The van der Waals surface area contributed by atoms with E-state index in [9.17, 15) is 0 Å². The molecule has 0 saturated carbocycles. The topological polar surface area (TPSA) is 45.1 Å². The molecular formula is C21H25N3O. The average molecular weight is 335 g/mol. The van der Waals surface area contributed by atoms with Gasteiger partial charge in [0.25, 0.3) is 0 Å². The van der Waals surface area contributed by atoms with Crippen LogP contribution < -0.4 is 0 Å². The van der Waals surface area contributed by atoms with Gasteiger partial charge in [-0.2, -0.15) is 0 Å². The highest BCUT2D eigenvalue weighted by molar-refractivity contribution is 5.80. The van der Waals surface area contributed by atoms with Gasteiger partial charge in [0.15, 0.2) is 0 Å². The van der Waals surface area contributed by atoms with Gasteiger partial charge in [-0.3, -0.25) is 4.90 Å². The number of aryl methyl sites for hydroxylation is 1. The Labute approximate surface area is 148 Å². The summed E-state index contributed by atoms with van der Waals surface area (Å²) < 4.78 is 5.63. The summed E-state index contributed by atoms with van der Waals surface area (Å²) in [7, 11) is 0. The van der Waals surface area contributed by atoms with E-state index in [2.05, 4.69) is 45.4 Å². The molecule has 3 heterocycles. The Bertz CT molecular complexity index is 845. The molecule has 1 unspecified atom stereocenters. The summed E-state index contributed by atoms with van der Waals surface area (Å²) in [5.74, 6) is 1.14. The van der Waals surface area contributed by atoms with Gasteiger partial charge in [-0.1, -0.05) is 29.8 Å². The first-order valence-electron chi connectivity index (χ1n) is 9.66. The first kappa shape index (κ1) is 15.2. The fourth-order valence-electron chi connectivity index (χ4n) is 4.57.